The SMILES string of the molecule is O=C1CCC(N2Cc3cc(CN4CCN(c5ncccc5C(F)(F)F)CC4)ccc3C2=O)C(=O)N1. The predicted molar refractivity (Wildman–Crippen MR) is 119 cm³/mol. The molecule has 0 spiro atoms. The number of anilines is 1. The van der Waals surface area contributed by atoms with Crippen LogP contribution in [0.5, 0.6) is 0 Å². The van der Waals surface area contributed by atoms with Crippen molar-refractivity contribution in [1.29, 1.82) is 0 Å². The average molecular weight is 487 g/mol. The maximum absolute atomic E-state index is 13.3. The first-order valence-electron chi connectivity index (χ1n) is 11.5. The lowest BCUT2D eigenvalue weighted by molar-refractivity contribution is -0.138. The van der Waals surface area contributed by atoms with E-state index in [1.165, 1.54) is 17.2 Å². The molecule has 3 amide bonds. The number of nitrogens with one attached hydrogen (secondary N) is 1. The number of hydrogen-bond donors (Lipinski definition) is 1. The number of piperazine rings is 1. The van der Waals surface area contributed by atoms with Gasteiger partial charge in [0.1, 0.15) is 11.9 Å². The number of amides is 3. The lowest BCUT2D eigenvalue weighted by Crippen LogP contribution is -2.52. The van der Waals surface area contributed by atoms with Gasteiger partial charge < -0.3 is 9.80 Å². The third-order valence-corrected chi connectivity index (χ3v) is 6.76. The number of pyridine rings is 1. The van der Waals surface area contributed by atoms with Crippen LogP contribution in [0.3, 0.4) is 0 Å². The van der Waals surface area contributed by atoms with Crippen LogP contribution in [0.2, 0.25) is 0 Å². The minimum absolute atomic E-state index is 0.0377. The van der Waals surface area contributed by atoms with Crippen LogP contribution in [0.4, 0.5) is 19.0 Å². The van der Waals surface area contributed by atoms with Crippen molar-refractivity contribution >= 4 is 23.5 Å². The highest BCUT2D eigenvalue weighted by molar-refractivity contribution is 6.05. The predicted octanol–water partition coefficient (Wildman–Crippen LogP) is 2.18. The number of benzene rings is 1. The normalized spacial score (nSPS) is 21.3. The Morgan fingerprint density at radius 1 is 1.06 bits per heavy atom. The molecule has 0 bridgehead atoms. The number of nitrogens with zero attached hydrogens (tertiary/aromatic N) is 4. The number of carbonyl (C=O) groups is 3. The van der Waals surface area contributed by atoms with Crippen LogP contribution < -0.4 is 10.2 Å². The van der Waals surface area contributed by atoms with Gasteiger partial charge in [-0.25, -0.2) is 4.98 Å². The van der Waals surface area contributed by atoms with E-state index >= 15 is 0 Å². The Morgan fingerprint density at radius 2 is 1.83 bits per heavy atom. The van der Waals surface area contributed by atoms with Crippen LogP contribution in [-0.2, 0) is 28.9 Å². The monoisotopic (exact) mass is 487 g/mol. The first-order valence-corrected chi connectivity index (χ1v) is 11.5. The minimum Gasteiger partial charge on any atom is -0.354 e. The molecule has 1 unspecified atom stereocenters. The molecule has 8 nitrogen and oxygen atoms in total. The van der Waals surface area contributed by atoms with Gasteiger partial charge in [-0.15, -0.1) is 0 Å². The van der Waals surface area contributed by atoms with Gasteiger partial charge in [0.05, 0.1) is 5.56 Å². The van der Waals surface area contributed by atoms with Crippen molar-refractivity contribution in [3.8, 4) is 0 Å². The van der Waals surface area contributed by atoms with Crippen molar-refractivity contribution in [2.45, 2.75) is 38.1 Å². The lowest BCUT2D eigenvalue weighted by atomic mass is 10.0. The molecule has 3 aliphatic rings. The minimum atomic E-state index is -4.45. The van der Waals surface area contributed by atoms with E-state index in [1.807, 2.05) is 12.1 Å². The fraction of sp³-hybridized carbons (Fsp3) is 0.417. The lowest BCUT2D eigenvalue weighted by Gasteiger charge is -2.36. The number of piperidine rings is 1. The molecule has 2 fully saturated rings. The van der Waals surface area contributed by atoms with E-state index in [-0.39, 0.29) is 24.1 Å². The van der Waals surface area contributed by atoms with E-state index in [2.05, 4.69) is 15.2 Å². The molecule has 3 aliphatic heterocycles. The zero-order chi connectivity index (χ0) is 24.7. The van der Waals surface area contributed by atoms with Gasteiger partial charge in [0, 0.05) is 57.4 Å². The van der Waals surface area contributed by atoms with E-state index < -0.39 is 23.7 Å². The summed E-state index contributed by atoms with van der Waals surface area (Å²) in [4.78, 5) is 45.8. The molecule has 0 radical (unpaired) electrons. The molecular weight excluding hydrogens is 463 g/mol. The number of halogens is 3. The Kier molecular flexibility index (Phi) is 5.96. The van der Waals surface area contributed by atoms with E-state index in [4.69, 9.17) is 0 Å². The molecule has 184 valence electrons. The van der Waals surface area contributed by atoms with Gasteiger partial charge in [0.2, 0.25) is 11.8 Å². The largest absolute Gasteiger partial charge is 0.419 e. The number of carbonyl (C=O) groups excluding carboxylic acids is 3. The summed E-state index contributed by atoms with van der Waals surface area (Å²) in [5, 5.41) is 2.30. The molecule has 0 aliphatic carbocycles. The maximum atomic E-state index is 13.3. The zero-order valence-electron chi connectivity index (χ0n) is 18.8. The Balaban J connectivity index is 1.22. The van der Waals surface area contributed by atoms with Crippen LogP contribution in [0.15, 0.2) is 36.5 Å². The van der Waals surface area contributed by atoms with Crippen LogP contribution in [0, 0.1) is 0 Å². The van der Waals surface area contributed by atoms with Crippen molar-refractivity contribution in [2.75, 3.05) is 31.1 Å². The molecule has 2 saturated heterocycles. The molecule has 4 heterocycles. The Morgan fingerprint density at radius 3 is 2.54 bits per heavy atom. The summed E-state index contributed by atoms with van der Waals surface area (Å²) >= 11 is 0. The van der Waals surface area contributed by atoms with Crippen molar-refractivity contribution in [1.82, 2.24) is 20.1 Å². The highest BCUT2D eigenvalue weighted by atomic mass is 19.4. The highest BCUT2D eigenvalue weighted by Crippen LogP contribution is 2.35. The molecule has 0 saturated carbocycles. The van der Waals surface area contributed by atoms with E-state index in [9.17, 15) is 27.6 Å². The van der Waals surface area contributed by atoms with Crippen LogP contribution in [0.1, 0.15) is 39.9 Å². The smallest absolute Gasteiger partial charge is 0.354 e. The quantitative estimate of drug-likeness (QED) is 0.666. The fourth-order valence-corrected chi connectivity index (χ4v) is 4.97. The number of imide groups is 1. The maximum Gasteiger partial charge on any atom is 0.419 e. The first-order chi connectivity index (χ1) is 16.7. The van der Waals surface area contributed by atoms with Crippen molar-refractivity contribution in [2.24, 2.45) is 0 Å². The third kappa shape index (κ3) is 4.60. The van der Waals surface area contributed by atoms with E-state index in [0.717, 1.165) is 17.2 Å². The molecule has 2 aromatic rings. The van der Waals surface area contributed by atoms with E-state index in [0.29, 0.717) is 51.3 Å². The number of aromatic nitrogens is 1. The second-order valence-electron chi connectivity index (χ2n) is 9.03. The molecule has 1 atom stereocenters. The van der Waals surface area contributed by atoms with Gasteiger partial charge in [-0.3, -0.25) is 24.6 Å². The molecule has 1 aromatic carbocycles. The summed E-state index contributed by atoms with van der Waals surface area (Å²) in [5.74, 6) is -1.02. The summed E-state index contributed by atoms with van der Waals surface area (Å²) in [6.07, 6.45) is -2.56. The Bertz CT molecular complexity index is 1180. The van der Waals surface area contributed by atoms with Gasteiger partial charge in [0.15, 0.2) is 0 Å². The van der Waals surface area contributed by atoms with Crippen molar-refractivity contribution in [3.63, 3.8) is 0 Å². The van der Waals surface area contributed by atoms with Crippen molar-refractivity contribution in [3.05, 3.63) is 58.8 Å². The molecule has 5 rings (SSSR count). The summed E-state index contributed by atoms with van der Waals surface area (Å²) in [6.45, 7) is 2.90. The molecular formula is C24H24F3N5O3. The topological polar surface area (TPSA) is 85.9 Å². The first kappa shape index (κ1) is 23.3. The second-order valence-corrected chi connectivity index (χ2v) is 9.03. The van der Waals surface area contributed by atoms with Gasteiger partial charge >= 0.3 is 6.18 Å². The summed E-state index contributed by atoms with van der Waals surface area (Å²) in [5.41, 5.74) is 1.65. The van der Waals surface area contributed by atoms with E-state index in [1.54, 1.807) is 11.0 Å². The van der Waals surface area contributed by atoms with Crippen LogP contribution in [0.25, 0.3) is 0 Å². The summed E-state index contributed by atoms with van der Waals surface area (Å²) < 4.78 is 40.0. The summed E-state index contributed by atoms with van der Waals surface area (Å²) in [6, 6.07) is 7.28. The Labute approximate surface area is 199 Å². The van der Waals surface area contributed by atoms with Gasteiger partial charge in [-0.05, 0) is 35.7 Å². The number of rotatable bonds is 4. The third-order valence-electron chi connectivity index (χ3n) is 6.76. The van der Waals surface area contributed by atoms with Gasteiger partial charge in [-0.1, -0.05) is 12.1 Å². The van der Waals surface area contributed by atoms with Gasteiger partial charge in [-0.2, -0.15) is 13.2 Å². The van der Waals surface area contributed by atoms with Crippen LogP contribution in [-0.4, -0.2) is 64.7 Å². The molecule has 1 aromatic heterocycles. The van der Waals surface area contributed by atoms with Crippen LogP contribution >= 0.6 is 0 Å². The van der Waals surface area contributed by atoms with Gasteiger partial charge in [0.25, 0.3) is 5.91 Å². The van der Waals surface area contributed by atoms with Crippen molar-refractivity contribution < 1.29 is 27.6 Å². The molecule has 11 heteroatoms. The Hall–Kier alpha value is -3.47. The average Bonchev–Trinajstić information content (AvgIpc) is 3.14. The number of hydrogen-bond acceptors (Lipinski definition) is 6. The molecule has 1 N–H and O–H groups in total. The zero-order valence-corrected chi connectivity index (χ0v) is 18.8. The summed E-state index contributed by atoms with van der Waals surface area (Å²) in [7, 11) is 0. The highest BCUT2D eigenvalue weighted by Gasteiger charge is 2.39. The standard InChI is InChI=1S/C24H24F3N5O3/c25-24(26,27)18-2-1-7-28-21(18)31-10-8-30(9-11-31)13-15-3-4-17-16(12-15)14-32(23(17)35)19-5-6-20(33)29-22(19)34/h1-4,7,12,19H,5-6,8-11,13-14H2,(H,29,33,34). The number of alkyl halides is 3. The fourth-order valence-electron chi connectivity index (χ4n) is 4.97. The second kappa shape index (κ2) is 8.95. The molecule has 35 heavy (non-hydrogen) atoms. The number of fused-ring (bicyclic) bond motifs is 1.